The van der Waals surface area contributed by atoms with Crippen molar-refractivity contribution in [2.45, 2.75) is 39.5 Å². The van der Waals surface area contributed by atoms with E-state index in [4.69, 9.17) is 4.74 Å². The van der Waals surface area contributed by atoms with E-state index in [2.05, 4.69) is 19.7 Å². The molecule has 0 unspecified atom stereocenters. The largest absolute Gasteiger partial charge is 0.573 e. The maximum Gasteiger partial charge on any atom is 0.573 e. The van der Waals surface area contributed by atoms with E-state index in [1.807, 2.05) is 4.90 Å². The van der Waals surface area contributed by atoms with Crippen LogP contribution >= 0.6 is 11.3 Å². The van der Waals surface area contributed by atoms with E-state index in [-0.39, 0.29) is 35.5 Å². The first-order valence-corrected chi connectivity index (χ1v) is 12.6. The Kier molecular flexibility index (Phi) is 8.06. The first-order chi connectivity index (χ1) is 17.6. The lowest BCUT2D eigenvalue weighted by Gasteiger charge is -2.31. The number of Topliss-reactive ketones (excluding diaryl/α,β-unsaturated/α-hetero) is 1. The topological polar surface area (TPSA) is 94.5 Å². The number of thiazole rings is 1. The number of esters is 1. The molecule has 0 saturated carbocycles. The Morgan fingerprint density at radius 1 is 1.16 bits per heavy atom. The van der Waals surface area contributed by atoms with Gasteiger partial charge in [-0.15, -0.1) is 24.5 Å². The van der Waals surface area contributed by atoms with Crippen LogP contribution in [0.2, 0.25) is 0 Å². The lowest BCUT2D eigenvalue weighted by Crippen LogP contribution is -2.37. The third-order valence-corrected chi connectivity index (χ3v) is 6.78. The van der Waals surface area contributed by atoms with Crippen molar-refractivity contribution in [2.75, 3.05) is 24.6 Å². The standard InChI is InChI=1S/C25H25F3N4O4S/c1-3-35-24(34)16-6-8-32(9-7-16)22-13-29-18(12-30-22)20(33)11-23-31-19(14-37-23)17-5-4-15(2)21(10-17)36-25(26,27)28/h4-5,10,12-14,16H,3,6-9,11H2,1-2H3. The van der Waals surface area contributed by atoms with Crippen molar-refractivity contribution in [1.29, 1.82) is 0 Å². The third-order valence-electron chi connectivity index (χ3n) is 5.94. The molecule has 12 heteroatoms. The molecule has 3 aromatic rings. The number of nitrogens with zero attached hydrogens (tertiary/aromatic N) is 4. The van der Waals surface area contributed by atoms with Crippen LogP contribution in [0.4, 0.5) is 19.0 Å². The molecule has 0 atom stereocenters. The molecular formula is C25H25F3N4O4S. The van der Waals surface area contributed by atoms with Crippen molar-refractivity contribution < 1.29 is 32.2 Å². The zero-order chi connectivity index (χ0) is 26.6. The van der Waals surface area contributed by atoms with Crippen molar-refractivity contribution >= 4 is 28.9 Å². The fourth-order valence-corrected chi connectivity index (χ4v) is 4.78. The summed E-state index contributed by atoms with van der Waals surface area (Å²) in [6, 6.07) is 4.46. The van der Waals surface area contributed by atoms with Crippen LogP contribution in [0.1, 0.15) is 40.8 Å². The SMILES string of the molecule is CCOC(=O)C1CCN(c2cnc(C(=O)Cc3nc(-c4ccc(C)c(OC(F)(F)F)c4)cs3)cn2)CC1. The van der Waals surface area contributed by atoms with Gasteiger partial charge in [0.15, 0.2) is 5.78 Å². The number of halogens is 3. The molecule has 8 nitrogen and oxygen atoms in total. The molecule has 0 bridgehead atoms. The molecule has 1 aliphatic heterocycles. The highest BCUT2D eigenvalue weighted by Crippen LogP contribution is 2.32. The average Bonchev–Trinajstić information content (AvgIpc) is 3.33. The summed E-state index contributed by atoms with van der Waals surface area (Å²) >= 11 is 1.23. The molecule has 37 heavy (non-hydrogen) atoms. The van der Waals surface area contributed by atoms with Crippen LogP contribution in [0, 0.1) is 12.8 Å². The molecule has 2 aromatic heterocycles. The van der Waals surface area contributed by atoms with E-state index in [0.29, 0.717) is 60.2 Å². The predicted octanol–water partition coefficient (Wildman–Crippen LogP) is 5.01. The maximum absolute atomic E-state index is 12.7. The summed E-state index contributed by atoms with van der Waals surface area (Å²) in [5.41, 5.74) is 1.44. The van der Waals surface area contributed by atoms with Gasteiger partial charge in [-0.3, -0.25) is 9.59 Å². The van der Waals surface area contributed by atoms with E-state index in [0.717, 1.165) is 0 Å². The summed E-state index contributed by atoms with van der Waals surface area (Å²) in [7, 11) is 0. The van der Waals surface area contributed by atoms with Crippen LogP contribution in [0.5, 0.6) is 5.75 Å². The number of piperidine rings is 1. The van der Waals surface area contributed by atoms with Crippen molar-refractivity contribution in [3.8, 4) is 17.0 Å². The van der Waals surface area contributed by atoms with Crippen LogP contribution in [-0.2, 0) is 16.0 Å². The first-order valence-electron chi connectivity index (χ1n) is 11.7. The van der Waals surface area contributed by atoms with Gasteiger partial charge >= 0.3 is 12.3 Å². The Balaban J connectivity index is 1.36. The Labute approximate surface area is 215 Å². The molecule has 0 amide bonds. The molecule has 3 heterocycles. The van der Waals surface area contributed by atoms with E-state index in [1.165, 1.54) is 36.6 Å². The highest BCUT2D eigenvalue weighted by molar-refractivity contribution is 7.10. The van der Waals surface area contributed by atoms with Gasteiger partial charge in [0.1, 0.15) is 22.3 Å². The third kappa shape index (κ3) is 6.82. The number of alkyl halides is 3. The number of rotatable bonds is 8. The number of hydrogen-bond donors (Lipinski definition) is 0. The summed E-state index contributed by atoms with van der Waals surface area (Å²) in [5.74, 6) is -0.220. The molecule has 1 fully saturated rings. The minimum Gasteiger partial charge on any atom is -0.466 e. The number of hydrogen-bond acceptors (Lipinski definition) is 9. The molecule has 1 saturated heterocycles. The van der Waals surface area contributed by atoms with Crippen LogP contribution in [0.3, 0.4) is 0 Å². The molecular weight excluding hydrogens is 509 g/mol. The summed E-state index contributed by atoms with van der Waals surface area (Å²) in [6.45, 7) is 4.96. The van der Waals surface area contributed by atoms with Gasteiger partial charge in [0.05, 0.1) is 37.0 Å². The summed E-state index contributed by atoms with van der Waals surface area (Å²) in [4.78, 5) is 39.7. The summed E-state index contributed by atoms with van der Waals surface area (Å²) < 4.78 is 47.2. The number of ketones is 1. The van der Waals surface area contributed by atoms with Gasteiger partial charge in [-0.05, 0) is 38.3 Å². The van der Waals surface area contributed by atoms with Crippen molar-refractivity contribution in [1.82, 2.24) is 15.0 Å². The number of carbonyl (C=O) groups is 2. The average molecular weight is 535 g/mol. The zero-order valence-corrected chi connectivity index (χ0v) is 21.1. The normalized spacial score (nSPS) is 14.5. The van der Waals surface area contributed by atoms with Gasteiger partial charge in [-0.2, -0.15) is 0 Å². The van der Waals surface area contributed by atoms with Crippen LogP contribution in [0.15, 0.2) is 36.0 Å². The molecule has 196 valence electrons. The molecule has 0 radical (unpaired) electrons. The van der Waals surface area contributed by atoms with E-state index >= 15 is 0 Å². The highest BCUT2D eigenvalue weighted by atomic mass is 32.1. The lowest BCUT2D eigenvalue weighted by atomic mass is 9.97. The molecule has 0 aliphatic carbocycles. The summed E-state index contributed by atoms with van der Waals surface area (Å²) in [6.07, 6.45) is -0.513. The summed E-state index contributed by atoms with van der Waals surface area (Å²) in [5, 5.41) is 2.19. The molecule has 1 aliphatic rings. The van der Waals surface area contributed by atoms with Crippen molar-refractivity contribution in [3.63, 3.8) is 0 Å². The van der Waals surface area contributed by atoms with Crippen molar-refractivity contribution in [3.05, 3.63) is 52.2 Å². The molecule has 4 rings (SSSR count). The second-order valence-electron chi connectivity index (χ2n) is 8.53. The zero-order valence-electron chi connectivity index (χ0n) is 20.2. The maximum atomic E-state index is 12.7. The number of aromatic nitrogens is 3. The van der Waals surface area contributed by atoms with E-state index < -0.39 is 6.36 Å². The van der Waals surface area contributed by atoms with Gasteiger partial charge in [-0.1, -0.05) is 12.1 Å². The second kappa shape index (κ2) is 11.2. The van der Waals surface area contributed by atoms with Gasteiger partial charge in [0.25, 0.3) is 0 Å². The Morgan fingerprint density at radius 2 is 1.92 bits per heavy atom. The van der Waals surface area contributed by atoms with Crippen LogP contribution in [0.25, 0.3) is 11.3 Å². The van der Waals surface area contributed by atoms with Gasteiger partial charge < -0.3 is 14.4 Å². The number of ether oxygens (including phenoxy) is 2. The molecule has 1 aromatic carbocycles. The minimum absolute atomic E-state index is 0.0125. The fourth-order valence-electron chi connectivity index (χ4n) is 3.98. The molecule has 0 N–H and O–H groups in total. The Bertz CT molecular complexity index is 1260. The van der Waals surface area contributed by atoms with Crippen molar-refractivity contribution in [2.24, 2.45) is 5.92 Å². The smallest absolute Gasteiger partial charge is 0.466 e. The van der Waals surface area contributed by atoms with E-state index in [9.17, 15) is 22.8 Å². The molecule has 0 spiro atoms. The van der Waals surface area contributed by atoms with Gasteiger partial charge in [-0.25, -0.2) is 15.0 Å². The number of benzene rings is 1. The second-order valence-corrected chi connectivity index (χ2v) is 9.47. The number of anilines is 1. The van der Waals surface area contributed by atoms with Crippen LogP contribution in [-0.4, -0.2) is 52.8 Å². The van der Waals surface area contributed by atoms with Crippen LogP contribution < -0.4 is 9.64 Å². The first kappa shape index (κ1) is 26.5. The monoisotopic (exact) mass is 534 g/mol. The quantitative estimate of drug-likeness (QED) is 0.294. The fraction of sp³-hybridized carbons (Fsp3) is 0.400. The van der Waals surface area contributed by atoms with Gasteiger partial charge in [0, 0.05) is 24.0 Å². The highest BCUT2D eigenvalue weighted by Gasteiger charge is 2.32. The van der Waals surface area contributed by atoms with E-state index in [1.54, 1.807) is 24.6 Å². The lowest BCUT2D eigenvalue weighted by molar-refractivity contribution is -0.274. The van der Waals surface area contributed by atoms with Gasteiger partial charge in [0.2, 0.25) is 0 Å². The predicted molar refractivity (Wildman–Crippen MR) is 131 cm³/mol. The Morgan fingerprint density at radius 3 is 2.57 bits per heavy atom. The number of carbonyl (C=O) groups excluding carboxylic acids is 2. The Hall–Kier alpha value is -3.54. The number of aryl methyl sites for hydroxylation is 1. The minimum atomic E-state index is -4.79.